The molecule has 100 valence electrons. The summed E-state index contributed by atoms with van der Waals surface area (Å²) < 4.78 is 0. The number of benzene rings is 2. The standard InChI is InChI=1S/C17H17N3/c1-18-16(11-13-5-3-2-4-6-13)14-7-8-15-17(12-14)20-10-9-19-15/h2-10,12,16,18H,11H2,1H3. The van der Waals surface area contributed by atoms with Crippen LogP contribution in [0.15, 0.2) is 60.9 Å². The molecule has 0 aliphatic rings. The second-order valence-electron chi connectivity index (χ2n) is 4.84. The minimum absolute atomic E-state index is 0.281. The van der Waals surface area contributed by atoms with Gasteiger partial charge in [0.25, 0.3) is 0 Å². The van der Waals surface area contributed by atoms with Gasteiger partial charge in [0.05, 0.1) is 11.0 Å². The molecular formula is C17H17N3. The predicted octanol–water partition coefficient (Wildman–Crippen LogP) is 3.13. The Hall–Kier alpha value is -2.26. The summed E-state index contributed by atoms with van der Waals surface area (Å²) in [5.74, 6) is 0. The van der Waals surface area contributed by atoms with E-state index >= 15 is 0 Å². The van der Waals surface area contributed by atoms with Crippen molar-refractivity contribution in [3.8, 4) is 0 Å². The number of hydrogen-bond donors (Lipinski definition) is 1. The third kappa shape index (κ3) is 2.68. The van der Waals surface area contributed by atoms with Crippen molar-refractivity contribution in [1.82, 2.24) is 15.3 Å². The summed E-state index contributed by atoms with van der Waals surface area (Å²) in [6, 6.07) is 17.1. The van der Waals surface area contributed by atoms with E-state index in [1.54, 1.807) is 12.4 Å². The minimum Gasteiger partial charge on any atom is -0.313 e. The highest BCUT2D eigenvalue weighted by Gasteiger charge is 2.11. The molecule has 0 radical (unpaired) electrons. The molecule has 0 saturated heterocycles. The summed E-state index contributed by atoms with van der Waals surface area (Å²) in [5.41, 5.74) is 4.44. The van der Waals surface area contributed by atoms with Gasteiger partial charge in [-0.25, -0.2) is 0 Å². The van der Waals surface area contributed by atoms with Crippen LogP contribution in [-0.2, 0) is 6.42 Å². The van der Waals surface area contributed by atoms with Crippen LogP contribution in [-0.4, -0.2) is 17.0 Å². The maximum atomic E-state index is 4.38. The lowest BCUT2D eigenvalue weighted by molar-refractivity contribution is 0.592. The Morgan fingerprint density at radius 1 is 0.950 bits per heavy atom. The first-order valence-electron chi connectivity index (χ1n) is 6.78. The Labute approximate surface area is 118 Å². The van der Waals surface area contributed by atoms with Crippen LogP contribution >= 0.6 is 0 Å². The molecule has 2 aromatic carbocycles. The lowest BCUT2D eigenvalue weighted by atomic mass is 9.98. The molecule has 0 amide bonds. The Bertz CT molecular complexity index is 695. The average molecular weight is 263 g/mol. The third-order valence-electron chi connectivity index (χ3n) is 3.53. The summed E-state index contributed by atoms with van der Waals surface area (Å²) in [5, 5.41) is 3.38. The predicted molar refractivity (Wildman–Crippen MR) is 81.5 cm³/mol. The molecule has 3 aromatic rings. The van der Waals surface area contributed by atoms with E-state index < -0.39 is 0 Å². The third-order valence-corrected chi connectivity index (χ3v) is 3.53. The molecule has 1 heterocycles. The van der Waals surface area contributed by atoms with Crippen molar-refractivity contribution in [3.05, 3.63) is 72.1 Å². The van der Waals surface area contributed by atoms with Crippen LogP contribution < -0.4 is 5.32 Å². The number of nitrogens with one attached hydrogen (secondary N) is 1. The smallest absolute Gasteiger partial charge is 0.0890 e. The van der Waals surface area contributed by atoms with Gasteiger partial charge in [-0.2, -0.15) is 0 Å². The Balaban J connectivity index is 1.91. The topological polar surface area (TPSA) is 37.8 Å². The molecule has 1 N–H and O–H groups in total. The number of fused-ring (bicyclic) bond motifs is 1. The summed E-state index contributed by atoms with van der Waals surface area (Å²) in [6.45, 7) is 0. The fourth-order valence-corrected chi connectivity index (χ4v) is 2.43. The highest BCUT2D eigenvalue weighted by Crippen LogP contribution is 2.21. The highest BCUT2D eigenvalue weighted by atomic mass is 14.9. The summed E-state index contributed by atoms with van der Waals surface area (Å²) in [4.78, 5) is 8.68. The van der Waals surface area contributed by atoms with Gasteiger partial charge in [0, 0.05) is 18.4 Å². The largest absolute Gasteiger partial charge is 0.313 e. The molecule has 1 unspecified atom stereocenters. The lowest BCUT2D eigenvalue weighted by Crippen LogP contribution is -2.18. The first-order chi connectivity index (χ1) is 9.86. The molecular weight excluding hydrogens is 246 g/mol. The zero-order valence-electron chi connectivity index (χ0n) is 11.5. The quantitative estimate of drug-likeness (QED) is 0.786. The van der Waals surface area contributed by atoms with Crippen molar-refractivity contribution in [3.63, 3.8) is 0 Å². The molecule has 0 saturated carbocycles. The molecule has 1 atom stereocenters. The fraction of sp³-hybridized carbons (Fsp3) is 0.176. The Morgan fingerprint density at radius 3 is 2.45 bits per heavy atom. The highest BCUT2D eigenvalue weighted by molar-refractivity contribution is 5.74. The van der Waals surface area contributed by atoms with Gasteiger partial charge in [-0.1, -0.05) is 36.4 Å². The SMILES string of the molecule is CNC(Cc1ccccc1)c1ccc2nccnc2c1. The first kappa shape index (κ1) is 12.8. The maximum absolute atomic E-state index is 4.38. The van der Waals surface area contributed by atoms with Gasteiger partial charge >= 0.3 is 0 Å². The zero-order chi connectivity index (χ0) is 13.8. The van der Waals surface area contributed by atoms with E-state index in [4.69, 9.17) is 0 Å². The van der Waals surface area contributed by atoms with Crippen LogP contribution in [0.5, 0.6) is 0 Å². The number of aromatic nitrogens is 2. The molecule has 0 aliphatic carbocycles. The van der Waals surface area contributed by atoms with E-state index in [0.29, 0.717) is 0 Å². The van der Waals surface area contributed by atoms with Crippen LogP contribution in [0.3, 0.4) is 0 Å². The molecule has 3 rings (SSSR count). The number of hydrogen-bond acceptors (Lipinski definition) is 3. The number of rotatable bonds is 4. The molecule has 3 heteroatoms. The second-order valence-corrected chi connectivity index (χ2v) is 4.84. The van der Waals surface area contributed by atoms with E-state index in [-0.39, 0.29) is 6.04 Å². The van der Waals surface area contributed by atoms with Gasteiger partial charge in [0.1, 0.15) is 0 Å². The minimum atomic E-state index is 0.281. The van der Waals surface area contributed by atoms with E-state index in [2.05, 4.69) is 51.7 Å². The zero-order valence-corrected chi connectivity index (χ0v) is 11.5. The second kappa shape index (κ2) is 5.80. The van der Waals surface area contributed by atoms with Crippen LogP contribution in [0.25, 0.3) is 11.0 Å². The van der Waals surface area contributed by atoms with E-state index in [0.717, 1.165) is 17.5 Å². The summed E-state index contributed by atoms with van der Waals surface area (Å²) >= 11 is 0. The molecule has 0 fully saturated rings. The Morgan fingerprint density at radius 2 is 1.70 bits per heavy atom. The van der Waals surface area contributed by atoms with Crippen molar-refractivity contribution >= 4 is 11.0 Å². The molecule has 3 nitrogen and oxygen atoms in total. The number of likely N-dealkylation sites (N-methyl/N-ethyl adjacent to an activating group) is 1. The Kier molecular flexibility index (Phi) is 3.70. The van der Waals surface area contributed by atoms with Crippen molar-refractivity contribution in [2.24, 2.45) is 0 Å². The van der Waals surface area contributed by atoms with E-state index in [9.17, 15) is 0 Å². The van der Waals surface area contributed by atoms with Gasteiger partial charge in [-0.3, -0.25) is 9.97 Å². The van der Waals surface area contributed by atoms with Crippen LogP contribution in [0.2, 0.25) is 0 Å². The number of nitrogens with zero attached hydrogens (tertiary/aromatic N) is 2. The van der Waals surface area contributed by atoms with Gasteiger partial charge in [-0.15, -0.1) is 0 Å². The van der Waals surface area contributed by atoms with Crippen molar-refractivity contribution in [2.75, 3.05) is 7.05 Å². The van der Waals surface area contributed by atoms with Crippen LogP contribution in [0.1, 0.15) is 17.2 Å². The van der Waals surface area contributed by atoms with Gasteiger partial charge in [-0.05, 0) is 36.7 Å². The van der Waals surface area contributed by atoms with Gasteiger partial charge in [0.2, 0.25) is 0 Å². The lowest BCUT2D eigenvalue weighted by Gasteiger charge is -2.17. The maximum Gasteiger partial charge on any atom is 0.0890 e. The molecule has 20 heavy (non-hydrogen) atoms. The normalized spacial score (nSPS) is 12.4. The monoisotopic (exact) mass is 263 g/mol. The van der Waals surface area contributed by atoms with Crippen molar-refractivity contribution in [1.29, 1.82) is 0 Å². The fourth-order valence-electron chi connectivity index (χ4n) is 2.43. The summed E-state index contributed by atoms with van der Waals surface area (Å²) in [7, 11) is 1.99. The van der Waals surface area contributed by atoms with Crippen LogP contribution in [0, 0.1) is 0 Å². The van der Waals surface area contributed by atoms with Gasteiger partial charge < -0.3 is 5.32 Å². The average Bonchev–Trinajstić information content (AvgIpc) is 2.53. The van der Waals surface area contributed by atoms with Gasteiger partial charge in [0.15, 0.2) is 0 Å². The first-order valence-corrected chi connectivity index (χ1v) is 6.78. The van der Waals surface area contributed by atoms with Crippen LogP contribution in [0.4, 0.5) is 0 Å². The summed E-state index contributed by atoms with van der Waals surface area (Å²) in [6.07, 6.45) is 4.42. The molecule has 0 bridgehead atoms. The van der Waals surface area contributed by atoms with E-state index in [1.807, 2.05) is 19.2 Å². The molecule has 1 aromatic heterocycles. The van der Waals surface area contributed by atoms with E-state index in [1.165, 1.54) is 11.1 Å². The van der Waals surface area contributed by atoms with Crippen molar-refractivity contribution in [2.45, 2.75) is 12.5 Å². The molecule has 0 aliphatic heterocycles. The van der Waals surface area contributed by atoms with Crippen molar-refractivity contribution < 1.29 is 0 Å². The molecule has 0 spiro atoms.